The van der Waals surface area contributed by atoms with Crippen LogP contribution in [0.15, 0.2) is 58.2 Å². The molecule has 4 rings (SSSR count). The van der Waals surface area contributed by atoms with Crippen molar-refractivity contribution in [2.24, 2.45) is 5.16 Å². The number of hydrogen-bond acceptors (Lipinski definition) is 9. The number of aromatic amines is 1. The number of nitrogens with one attached hydrogen (secondary N) is 1. The smallest absolute Gasteiger partial charge is 0.208 e. The molecular formula is C24H25FN6O4. The first-order valence-electron chi connectivity index (χ1n) is 11.1. The van der Waals surface area contributed by atoms with Gasteiger partial charge in [0.1, 0.15) is 36.2 Å². The van der Waals surface area contributed by atoms with Gasteiger partial charge in [-0.1, -0.05) is 17.2 Å². The summed E-state index contributed by atoms with van der Waals surface area (Å²) in [6.45, 7) is 6.32. The highest BCUT2D eigenvalue weighted by molar-refractivity contribution is 5.99. The second kappa shape index (κ2) is 11.2. The maximum atomic E-state index is 13.3. The molecule has 0 aliphatic carbocycles. The quantitative estimate of drug-likeness (QED) is 0.187. The molecule has 0 spiro atoms. The average molecular weight is 481 g/mol. The third-order valence-electron chi connectivity index (χ3n) is 4.68. The molecule has 2 aromatic carbocycles. The first-order valence-corrected chi connectivity index (χ1v) is 11.1. The Bertz CT molecular complexity index is 1260. The number of halogens is 1. The van der Waals surface area contributed by atoms with Gasteiger partial charge in [-0.15, -0.1) is 10.2 Å². The number of aromatic nitrogens is 5. The minimum Gasteiger partial charge on any atom is -0.490 e. The molecule has 0 amide bonds. The fourth-order valence-corrected chi connectivity index (χ4v) is 3.08. The van der Waals surface area contributed by atoms with Crippen molar-refractivity contribution in [3.05, 3.63) is 60.1 Å². The van der Waals surface area contributed by atoms with Gasteiger partial charge in [-0.25, -0.2) is 4.39 Å². The zero-order chi connectivity index (χ0) is 24.6. The molecular weight excluding hydrogens is 455 g/mol. The van der Waals surface area contributed by atoms with Crippen molar-refractivity contribution in [3.63, 3.8) is 0 Å². The number of ether oxygens (including phenoxy) is 2. The zero-order valence-electron chi connectivity index (χ0n) is 19.6. The van der Waals surface area contributed by atoms with Gasteiger partial charge in [0.05, 0.1) is 11.7 Å². The van der Waals surface area contributed by atoms with Crippen LogP contribution in [-0.4, -0.2) is 50.8 Å². The molecule has 0 saturated heterocycles. The maximum absolute atomic E-state index is 13.3. The van der Waals surface area contributed by atoms with Crippen LogP contribution in [0.4, 0.5) is 4.39 Å². The topological polar surface area (TPSA) is 121 Å². The van der Waals surface area contributed by atoms with Crippen molar-refractivity contribution in [1.82, 2.24) is 25.8 Å². The van der Waals surface area contributed by atoms with Crippen LogP contribution in [0.3, 0.4) is 0 Å². The summed E-state index contributed by atoms with van der Waals surface area (Å²) >= 11 is 0. The molecule has 0 saturated carbocycles. The highest BCUT2D eigenvalue weighted by atomic mass is 19.1. The Kier molecular flexibility index (Phi) is 7.66. The first-order chi connectivity index (χ1) is 17.0. The number of tetrazole rings is 1. The molecule has 35 heavy (non-hydrogen) atoms. The van der Waals surface area contributed by atoms with Crippen molar-refractivity contribution in [2.45, 2.75) is 33.3 Å². The largest absolute Gasteiger partial charge is 0.490 e. The van der Waals surface area contributed by atoms with Crippen molar-refractivity contribution < 1.29 is 23.2 Å². The van der Waals surface area contributed by atoms with Crippen LogP contribution in [0.5, 0.6) is 11.5 Å². The van der Waals surface area contributed by atoms with Crippen LogP contribution in [0.25, 0.3) is 22.6 Å². The van der Waals surface area contributed by atoms with Crippen LogP contribution in [0.1, 0.15) is 33.0 Å². The normalized spacial score (nSPS) is 11.6. The zero-order valence-corrected chi connectivity index (χ0v) is 19.6. The summed E-state index contributed by atoms with van der Waals surface area (Å²) < 4.78 is 30.6. The summed E-state index contributed by atoms with van der Waals surface area (Å²) in [6.07, 6.45) is 0.754. The predicted octanol–water partition coefficient (Wildman–Crippen LogP) is 4.66. The van der Waals surface area contributed by atoms with Crippen molar-refractivity contribution in [1.29, 1.82) is 0 Å². The van der Waals surface area contributed by atoms with E-state index in [0.717, 1.165) is 6.42 Å². The number of H-pyrrole nitrogens is 1. The summed E-state index contributed by atoms with van der Waals surface area (Å²) in [5.74, 6) is 1.56. The molecule has 0 bridgehead atoms. The molecule has 0 aliphatic heterocycles. The van der Waals surface area contributed by atoms with E-state index in [-0.39, 0.29) is 18.5 Å². The van der Waals surface area contributed by atoms with E-state index in [1.807, 2.05) is 20.8 Å². The summed E-state index contributed by atoms with van der Waals surface area (Å²) in [5.41, 5.74) is 2.28. The Hall–Kier alpha value is -4.28. The predicted molar refractivity (Wildman–Crippen MR) is 126 cm³/mol. The lowest BCUT2D eigenvalue weighted by Crippen LogP contribution is -2.13. The second-order valence-electron chi connectivity index (χ2n) is 7.80. The van der Waals surface area contributed by atoms with E-state index in [0.29, 0.717) is 52.2 Å². The monoisotopic (exact) mass is 480 g/mol. The standard InChI is InChI=1S/C24H25FN6O4/c1-4-11-33-28-21(23-13-20(29-35-23)16-5-7-17(25)8-6-16)14-32-18-9-10-22(34-15(2)3)19(12-18)24-26-30-31-27-24/h5-10,12-13,15H,4,11,14H2,1-3H3,(H,26,27,30,31)/b28-21+. The lowest BCUT2D eigenvalue weighted by molar-refractivity contribution is 0.142. The van der Waals surface area contributed by atoms with Crippen molar-refractivity contribution >= 4 is 5.71 Å². The minimum atomic E-state index is -0.328. The molecule has 2 aromatic heterocycles. The summed E-state index contributed by atoms with van der Waals surface area (Å²) in [6, 6.07) is 13.0. The fourth-order valence-electron chi connectivity index (χ4n) is 3.08. The van der Waals surface area contributed by atoms with E-state index in [2.05, 4.69) is 30.9 Å². The van der Waals surface area contributed by atoms with E-state index >= 15 is 0 Å². The number of oxime groups is 1. The molecule has 182 valence electrons. The van der Waals surface area contributed by atoms with Gasteiger partial charge < -0.3 is 18.8 Å². The summed E-state index contributed by atoms with van der Waals surface area (Å²) in [5, 5.41) is 22.4. The molecule has 0 aliphatic rings. The van der Waals surface area contributed by atoms with Crippen LogP contribution in [0.2, 0.25) is 0 Å². The average Bonchev–Trinajstić information content (AvgIpc) is 3.55. The summed E-state index contributed by atoms with van der Waals surface area (Å²) in [7, 11) is 0. The van der Waals surface area contributed by atoms with Gasteiger partial charge in [0.15, 0.2) is 11.5 Å². The maximum Gasteiger partial charge on any atom is 0.208 e. The van der Waals surface area contributed by atoms with Gasteiger partial charge in [-0.05, 0) is 67.9 Å². The Labute approximate surface area is 201 Å². The third kappa shape index (κ3) is 6.19. The van der Waals surface area contributed by atoms with Gasteiger partial charge in [-0.3, -0.25) is 0 Å². The number of benzene rings is 2. The number of nitrogens with zero attached hydrogens (tertiary/aromatic N) is 5. The van der Waals surface area contributed by atoms with Gasteiger partial charge in [0, 0.05) is 11.6 Å². The first kappa shape index (κ1) is 23.9. The fraction of sp³-hybridized carbons (Fsp3) is 0.292. The van der Waals surface area contributed by atoms with Crippen LogP contribution >= 0.6 is 0 Å². The Morgan fingerprint density at radius 3 is 2.69 bits per heavy atom. The molecule has 11 heteroatoms. The van der Waals surface area contributed by atoms with Crippen LogP contribution < -0.4 is 9.47 Å². The van der Waals surface area contributed by atoms with Gasteiger partial charge in [0.2, 0.25) is 5.82 Å². The molecule has 2 heterocycles. The molecule has 0 atom stereocenters. The number of rotatable bonds is 11. The van der Waals surface area contributed by atoms with Crippen LogP contribution in [-0.2, 0) is 4.84 Å². The van der Waals surface area contributed by atoms with Crippen molar-refractivity contribution in [2.75, 3.05) is 13.2 Å². The van der Waals surface area contributed by atoms with E-state index in [4.69, 9.17) is 18.8 Å². The van der Waals surface area contributed by atoms with E-state index in [9.17, 15) is 4.39 Å². The van der Waals surface area contributed by atoms with Crippen LogP contribution in [0, 0.1) is 5.82 Å². The molecule has 0 unspecified atom stereocenters. The highest BCUT2D eigenvalue weighted by Crippen LogP contribution is 2.32. The van der Waals surface area contributed by atoms with E-state index in [1.54, 1.807) is 36.4 Å². The Balaban J connectivity index is 1.55. The highest BCUT2D eigenvalue weighted by Gasteiger charge is 2.17. The van der Waals surface area contributed by atoms with Gasteiger partial charge in [0.25, 0.3) is 0 Å². The lowest BCUT2D eigenvalue weighted by Gasteiger charge is -2.14. The number of hydrogen-bond donors (Lipinski definition) is 1. The third-order valence-corrected chi connectivity index (χ3v) is 4.68. The Morgan fingerprint density at radius 1 is 1.14 bits per heavy atom. The SMILES string of the molecule is CCCO/N=C(\COc1ccc(OC(C)C)c(-c2nn[nH]n2)c1)c1cc(-c2ccc(F)cc2)no1. The molecule has 0 fully saturated rings. The van der Waals surface area contributed by atoms with Gasteiger partial charge >= 0.3 is 0 Å². The van der Waals surface area contributed by atoms with E-state index < -0.39 is 0 Å². The second-order valence-corrected chi connectivity index (χ2v) is 7.80. The minimum absolute atomic E-state index is 0.0383. The molecule has 10 nitrogen and oxygen atoms in total. The molecule has 4 aromatic rings. The van der Waals surface area contributed by atoms with E-state index in [1.165, 1.54) is 12.1 Å². The molecule has 0 radical (unpaired) electrons. The summed E-state index contributed by atoms with van der Waals surface area (Å²) in [4.78, 5) is 5.38. The Morgan fingerprint density at radius 2 is 1.97 bits per heavy atom. The molecule has 1 N–H and O–H groups in total. The van der Waals surface area contributed by atoms with Crippen molar-refractivity contribution in [3.8, 4) is 34.1 Å². The lowest BCUT2D eigenvalue weighted by atomic mass is 10.1. The van der Waals surface area contributed by atoms with Gasteiger partial charge in [-0.2, -0.15) is 5.21 Å².